The minimum atomic E-state index is -2.96. The summed E-state index contributed by atoms with van der Waals surface area (Å²) in [4.78, 5) is 21.4. The van der Waals surface area contributed by atoms with Crippen LogP contribution in [0.15, 0.2) is 4.79 Å². The van der Waals surface area contributed by atoms with Gasteiger partial charge in [-0.15, -0.1) is 23.1 Å². The van der Waals surface area contributed by atoms with Crippen molar-refractivity contribution in [3.05, 3.63) is 26.6 Å². The van der Waals surface area contributed by atoms with E-state index in [1.807, 2.05) is 20.8 Å². The van der Waals surface area contributed by atoms with Gasteiger partial charge in [-0.05, 0) is 26.3 Å². The van der Waals surface area contributed by atoms with Crippen molar-refractivity contribution in [3.63, 3.8) is 0 Å². The first kappa shape index (κ1) is 16.5. The molecule has 0 fully saturated rings. The molecule has 1 unspecified atom stereocenters. The van der Waals surface area contributed by atoms with Gasteiger partial charge in [-0.2, -0.15) is 0 Å². The van der Waals surface area contributed by atoms with Crippen LogP contribution in [0.2, 0.25) is 0 Å². The van der Waals surface area contributed by atoms with E-state index in [4.69, 9.17) is 0 Å². The third-order valence-electron chi connectivity index (χ3n) is 3.26. The molecule has 5 nitrogen and oxygen atoms in total. The van der Waals surface area contributed by atoms with Crippen LogP contribution >= 0.6 is 23.1 Å². The van der Waals surface area contributed by atoms with Crippen LogP contribution in [0.1, 0.15) is 28.4 Å². The Morgan fingerprint density at radius 2 is 2.05 bits per heavy atom. The molecule has 0 aromatic carbocycles. The van der Waals surface area contributed by atoms with Crippen LogP contribution in [0.3, 0.4) is 0 Å². The second-order valence-electron chi connectivity index (χ2n) is 5.06. The van der Waals surface area contributed by atoms with Gasteiger partial charge in [0.1, 0.15) is 20.5 Å². The maximum atomic E-state index is 12.2. The lowest BCUT2D eigenvalue weighted by molar-refractivity contribution is 0.603. The molecule has 2 aromatic heterocycles. The number of sulfone groups is 1. The quantitative estimate of drug-likeness (QED) is 0.899. The van der Waals surface area contributed by atoms with E-state index in [0.29, 0.717) is 17.0 Å². The summed E-state index contributed by atoms with van der Waals surface area (Å²) in [5.41, 5.74) is 0.861. The summed E-state index contributed by atoms with van der Waals surface area (Å²) in [6, 6.07) is 0. The van der Waals surface area contributed by atoms with Crippen LogP contribution in [0.25, 0.3) is 10.2 Å². The van der Waals surface area contributed by atoms with Gasteiger partial charge in [0.25, 0.3) is 5.56 Å². The van der Waals surface area contributed by atoms with Crippen molar-refractivity contribution in [2.75, 3.05) is 17.8 Å². The molecule has 1 N–H and O–H groups in total. The number of hydrogen-bond acceptors (Lipinski definition) is 6. The maximum Gasteiger partial charge on any atom is 0.259 e. The number of fused-ring (bicyclic) bond motifs is 1. The summed E-state index contributed by atoms with van der Waals surface area (Å²) in [6.45, 7) is 5.82. The molecule has 0 saturated carbocycles. The molecule has 0 aliphatic carbocycles. The highest BCUT2D eigenvalue weighted by Gasteiger charge is 2.16. The van der Waals surface area contributed by atoms with E-state index in [9.17, 15) is 13.2 Å². The Morgan fingerprint density at radius 1 is 1.38 bits per heavy atom. The Kier molecular flexibility index (Phi) is 4.79. The van der Waals surface area contributed by atoms with Crippen LogP contribution in [0, 0.1) is 13.8 Å². The van der Waals surface area contributed by atoms with Crippen molar-refractivity contribution in [1.82, 2.24) is 9.97 Å². The maximum absolute atomic E-state index is 12.2. The van der Waals surface area contributed by atoms with Gasteiger partial charge >= 0.3 is 0 Å². The fraction of sp³-hybridized carbons (Fsp3) is 0.538. The van der Waals surface area contributed by atoms with Crippen molar-refractivity contribution < 1.29 is 8.42 Å². The van der Waals surface area contributed by atoms with E-state index in [1.54, 1.807) is 0 Å². The van der Waals surface area contributed by atoms with E-state index in [2.05, 4.69) is 9.97 Å². The van der Waals surface area contributed by atoms with E-state index in [-0.39, 0.29) is 16.6 Å². The molecule has 2 rings (SSSR count). The third-order valence-corrected chi connectivity index (χ3v) is 6.73. The molecule has 0 aliphatic heterocycles. The zero-order valence-electron chi connectivity index (χ0n) is 12.4. The third kappa shape index (κ3) is 3.87. The molecule has 0 spiro atoms. The summed E-state index contributed by atoms with van der Waals surface area (Å²) >= 11 is 2.99. The van der Waals surface area contributed by atoms with E-state index < -0.39 is 9.84 Å². The number of nitrogens with zero attached hydrogens (tertiary/aromatic N) is 1. The smallest absolute Gasteiger partial charge is 0.259 e. The predicted octanol–water partition coefficient (Wildman–Crippen LogP) is 2.44. The van der Waals surface area contributed by atoms with Gasteiger partial charge in [-0.1, -0.05) is 0 Å². The first-order valence-electron chi connectivity index (χ1n) is 6.48. The lowest BCUT2D eigenvalue weighted by Crippen LogP contribution is -2.13. The second-order valence-corrected chi connectivity index (χ2v) is 9.97. The molecule has 1 atom stereocenters. The summed E-state index contributed by atoms with van der Waals surface area (Å²) < 4.78 is 22.3. The molecule has 2 aromatic rings. The first-order valence-corrected chi connectivity index (χ1v) is 10.4. The number of aromatic amines is 1. The van der Waals surface area contributed by atoms with Crippen molar-refractivity contribution in [2.24, 2.45) is 0 Å². The fourth-order valence-corrected chi connectivity index (χ4v) is 5.18. The average molecular weight is 346 g/mol. The van der Waals surface area contributed by atoms with Gasteiger partial charge in [0.2, 0.25) is 0 Å². The number of aromatic nitrogens is 2. The Bertz CT molecular complexity index is 821. The SMILES string of the molecule is Cc1sc2nc(C(C)SCCS(C)(=O)=O)[nH]c(=O)c2c1C. The standard InChI is InChI=1S/C13H18N2O3S3/c1-7-8(2)20-13-10(7)12(16)14-11(15-13)9(3)19-5-6-21(4,17)18/h9H,5-6H2,1-4H3,(H,14,15,16). The van der Waals surface area contributed by atoms with Gasteiger partial charge in [0.05, 0.1) is 16.4 Å². The minimum Gasteiger partial charge on any atom is -0.309 e. The molecule has 21 heavy (non-hydrogen) atoms. The van der Waals surface area contributed by atoms with Crippen LogP contribution < -0.4 is 5.56 Å². The van der Waals surface area contributed by atoms with Gasteiger partial charge in [0, 0.05) is 16.9 Å². The number of thiophene rings is 1. The Balaban J connectivity index is 2.24. The zero-order chi connectivity index (χ0) is 15.8. The molecular formula is C13H18N2O3S3. The highest BCUT2D eigenvalue weighted by molar-refractivity contribution is 8.00. The number of hydrogen-bond donors (Lipinski definition) is 1. The van der Waals surface area contributed by atoms with Crippen LogP contribution in [-0.2, 0) is 9.84 Å². The lowest BCUT2D eigenvalue weighted by atomic mass is 10.2. The van der Waals surface area contributed by atoms with Gasteiger partial charge in [-0.25, -0.2) is 13.4 Å². The van der Waals surface area contributed by atoms with Crippen molar-refractivity contribution in [3.8, 4) is 0 Å². The Hall–Kier alpha value is -0.860. The second kappa shape index (κ2) is 6.10. The van der Waals surface area contributed by atoms with Gasteiger partial charge < -0.3 is 4.98 Å². The molecule has 0 aliphatic rings. The monoisotopic (exact) mass is 346 g/mol. The summed E-state index contributed by atoms with van der Waals surface area (Å²) in [7, 11) is -2.96. The highest BCUT2D eigenvalue weighted by Crippen LogP contribution is 2.29. The number of aryl methyl sites for hydroxylation is 2. The van der Waals surface area contributed by atoms with E-state index in [0.717, 1.165) is 15.3 Å². The summed E-state index contributed by atoms with van der Waals surface area (Å²) in [5.74, 6) is 1.22. The predicted molar refractivity (Wildman–Crippen MR) is 90.3 cm³/mol. The molecule has 0 amide bonds. The highest BCUT2D eigenvalue weighted by atomic mass is 32.2. The molecule has 8 heteroatoms. The average Bonchev–Trinajstić information content (AvgIpc) is 2.63. The van der Waals surface area contributed by atoms with Crippen LogP contribution in [-0.4, -0.2) is 36.1 Å². The molecular weight excluding hydrogens is 328 g/mol. The normalized spacial score (nSPS) is 13.7. The Labute approximate surface area is 132 Å². The topological polar surface area (TPSA) is 79.9 Å². The minimum absolute atomic E-state index is 0.0495. The molecule has 0 radical (unpaired) electrons. The number of H-pyrrole nitrogens is 1. The Morgan fingerprint density at radius 3 is 2.67 bits per heavy atom. The van der Waals surface area contributed by atoms with Crippen molar-refractivity contribution in [1.29, 1.82) is 0 Å². The van der Waals surface area contributed by atoms with E-state index >= 15 is 0 Å². The first-order chi connectivity index (χ1) is 9.69. The van der Waals surface area contributed by atoms with Gasteiger partial charge in [-0.3, -0.25) is 4.79 Å². The molecule has 2 heterocycles. The molecule has 0 bridgehead atoms. The number of rotatable bonds is 5. The van der Waals surface area contributed by atoms with Gasteiger partial charge in [0.15, 0.2) is 0 Å². The molecule has 116 valence electrons. The summed E-state index contributed by atoms with van der Waals surface area (Å²) in [5, 5.41) is 0.612. The zero-order valence-corrected chi connectivity index (χ0v) is 14.8. The van der Waals surface area contributed by atoms with Crippen molar-refractivity contribution >= 4 is 43.2 Å². The fourth-order valence-electron chi connectivity index (χ4n) is 1.92. The van der Waals surface area contributed by atoms with E-state index in [1.165, 1.54) is 29.4 Å². The van der Waals surface area contributed by atoms with Crippen molar-refractivity contribution in [2.45, 2.75) is 26.0 Å². The summed E-state index contributed by atoms with van der Waals surface area (Å²) in [6.07, 6.45) is 1.22. The largest absolute Gasteiger partial charge is 0.309 e. The van der Waals surface area contributed by atoms with Crippen LogP contribution in [0.4, 0.5) is 0 Å². The van der Waals surface area contributed by atoms with Crippen LogP contribution in [0.5, 0.6) is 0 Å². The number of thioether (sulfide) groups is 1. The number of nitrogens with one attached hydrogen (secondary N) is 1. The molecule has 0 saturated heterocycles. The lowest BCUT2D eigenvalue weighted by Gasteiger charge is -2.10.